The van der Waals surface area contributed by atoms with Gasteiger partial charge in [0.1, 0.15) is 10.8 Å². The fourth-order valence-electron chi connectivity index (χ4n) is 2.72. The number of aromatic nitrogens is 3. The molecular weight excluding hydrogens is 481 g/mol. The number of carbonyl (C=O) groups is 1. The minimum Gasteiger partial charge on any atom is -0.419 e. The summed E-state index contributed by atoms with van der Waals surface area (Å²) in [5, 5.41) is 8.37. The molecule has 1 amide bonds. The Morgan fingerprint density at radius 1 is 1.03 bits per heavy atom. The third kappa shape index (κ3) is 4.18. The largest absolute Gasteiger partial charge is 0.419 e. The van der Waals surface area contributed by atoms with E-state index in [4.69, 9.17) is 62.4 Å². The van der Waals surface area contributed by atoms with Crippen molar-refractivity contribution in [2.75, 3.05) is 0 Å². The number of amides is 1. The smallest absolute Gasteiger partial charge is 0.274 e. The first kappa shape index (κ1) is 20.7. The summed E-state index contributed by atoms with van der Waals surface area (Å²) in [5.74, 6) is 0.0699. The molecule has 0 unspecified atom stereocenters. The Labute approximate surface area is 190 Å². The van der Waals surface area contributed by atoms with Crippen LogP contribution in [-0.2, 0) is 6.54 Å². The molecular formula is C18H11Cl5N4O2. The molecule has 0 saturated heterocycles. The first-order valence-corrected chi connectivity index (χ1v) is 10.3. The van der Waals surface area contributed by atoms with Crippen molar-refractivity contribution in [1.29, 1.82) is 0 Å². The zero-order valence-electron chi connectivity index (χ0n) is 14.5. The van der Waals surface area contributed by atoms with Gasteiger partial charge >= 0.3 is 0 Å². The summed E-state index contributed by atoms with van der Waals surface area (Å²) in [4.78, 5) is 18.7. The van der Waals surface area contributed by atoms with Crippen LogP contribution in [0.4, 0.5) is 0 Å². The summed E-state index contributed by atoms with van der Waals surface area (Å²) in [6.07, 6.45) is 1.67. The van der Waals surface area contributed by atoms with E-state index in [-0.39, 0.29) is 50.3 Å². The van der Waals surface area contributed by atoms with Gasteiger partial charge in [0.25, 0.3) is 5.91 Å². The van der Waals surface area contributed by atoms with Gasteiger partial charge in [-0.2, -0.15) is 0 Å². The molecule has 4 rings (SSSR count). The monoisotopic (exact) mass is 490 g/mol. The summed E-state index contributed by atoms with van der Waals surface area (Å²) in [7, 11) is 0. The minimum atomic E-state index is -0.449. The SMILES string of the molecule is O=C(c1nc(Cl)c(Cl)c(Cl)c1Cl)N(Cc1nnc(-c2ccccc2Cl)o1)C1CC1. The van der Waals surface area contributed by atoms with Crippen LogP contribution in [-0.4, -0.2) is 32.0 Å². The standard InChI is InChI=1S/C18H11Cl5N4O2/c19-10-4-2-1-3-9(10)17-26-25-11(29-17)7-27(8-5-6-8)18(28)15-13(21)12(20)14(22)16(23)24-15/h1-4,8H,5-7H2. The van der Waals surface area contributed by atoms with Gasteiger partial charge in [0, 0.05) is 6.04 Å². The fraction of sp³-hybridized carbons (Fsp3) is 0.222. The summed E-state index contributed by atoms with van der Waals surface area (Å²) >= 11 is 30.3. The topological polar surface area (TPSA) is 72.1 Å². The van der Waals surface area contributed by atoms with Gasteiger partial charge in [-0.25, -0.2) is 4.98 Å². The van der Waals surface area contributed by atoms with Crippen molar-refractivity contribution in [3.8, 4) is 11.5 Å². The number of hydrogen-bond acceptors (Lipinski definition) is 5. The average Bonchev–Trinajstić information content (AvgIpc) is 3.45. The van der Waals surface area contributed by atoms with Crippen LogP contribution in [0.2, 0.25) is 25.2 Å². The molecule has 2 aromatic heterocycles. The second kappa shape index (κ2) is 8.28. The molecule has 150 valence electrons. The molecule has 0 aliphatic heterocycles. The van der Waals surface area contributed by atoms with E-state index in [0.29, 0.717) is 10.6 Å². The second-order valence-corrected chi connectivity index (χ2v) is 8.24. The normalized spacial score (nSPS) is 13.6. The average molecular weight is 493 g/mol. The third-order valence-electron chi connectivity index (χ3n) is 4.31. The maximum Gasteiger partial charge on any atom is 0.274 e. The lowest BCUT2D eigenvalue weighted by Crippen LogP contribution is -2.33. The van der Waals surface area contributed by atoms with E-state index >= 15 is 0 Å². The molecule has 29 heavy (non-hydrogen) atoms. The Hall–Kier alpha value is -1.57. The van der Waals surface area contributed by atoms with Crippen LogP contribution in [0.3, 0.4) is 0 Å². The lowest BCUT2D eigenvalue weighted by Gasteiger charge is -2.21. The van der Waals surface area contributed by atoms with Crippen molar-refractivity contribution in [3.63, 3.8) is 0 Å². The first-order valence-electron chi connectivity index (χ1n) is 8.45. The Kier molecular flexibility index (Phi) is 5.91. The number of carbonyl (C=O) groups excluding carboxylic acids is 1. The highest BCUT2D eigenvalue weighted by Crippen LogP contribution is 2.38. The number of hydrogen-bond donors (Lipinski definition) is 0. The van der Waals surface area contributed by atoms with E-state index in [1.165, 1.54) is 0 Å². The van der Waals surface area contributed by atoms with Gasteiger partial charge in [-0.15, -0.1) is 10.2 Å². The predicted molar refractivity (Wildman–Crippen MR) is 112 cm³/mol. The summed E-state index contributed by atoms with van der Waals surface area (Å²) in [6.45, 7) is 0.0802. The molecule has 0 spiro atoms. The zero-order valence-corrected chi connectivity index (χ0v) is 18.3. The summed E-state index contributed by atoms with van der Waals surface area (Å²) in [6, 6.07) is 7.11. The Morgan fingerprint density at radius 2 is 1.76 bits per heavy atom. The molecule has 11 heteroatoms. The third-order valence-corrected chi connectivity index (χ3v) is 6.32. The van der Waals surface area contributed by atoms with Crippen molar-refractivity contribution < 1.29 is 9.21 Å². The molecule has 2 heterocycles. The van der Waals surface area contributed by atoms with Crippen LogP contribution in [0, 0.1) is 0 Å². The van der Waals surface area contributed by atoms with Crippen LogP contribution >= 0.6 is 58.0 Å². The van der Waals surface area contributed by atoms with Crippen LogP contribution in [0.5, 0.6) is 0 Å². The van der Waals surface area contributed by atoms with E-state index < -0.39 is 5.91 Å². The van der Waals surface area contributed by atoms with Gasteiger partial charge in [-0.05, 0) is 25.0 Å². The molecule has 0 atom stereocenters. The van der Waals surface area contributed by atoms with Gasteiger partial charge in [0.05, 0.1) is 32.2 Å². The summed E-state index contributed by atoms with van der Waals surface area (Å²) < 4.78 is 5.71. The zero-order chi connectivity index (χ0) is 20.7. The quantitative estimate of drug-likeness (QED) is 0.396. The van der Waals surface area contributed by atoms with E-state index in [1.807, 2.05) is 6.07 Å². The van der Waals surface area contributed by atoms with Crippen molar-refractivity contribution in [2.45, 2.75) is 25.4 Å². The van der Waals surface area contributed by atoms with Crippen molar-refractivity contribution in [2.24, 2.45) is 0 Å². The molecule has 3 aromatic rings. The lowest BCUT2D eigenvalue weighted by atomic mass is 10.2. The molecule has 1 aliphatic rings. The molecule has 1 aliphatic carbocycles. The molecule has 1 aromatic carbocycles. The maximum absolute atomic E-state index is 13.1. The molecule has 1 saturated carbocycles. The molecule has 0 bridgehead atoms. The predicted octanol–water partition coefficient (Wildman–Crippen LogP) is 6.20. The van der Waals surface area contributed by atoms with Crippen LogP contribution in [0.15, 0.2) is 28.7 Å². The molecule has 0 radical (unpaired) electrons. The number of rotatable bonds is 5. The fourth-order valence-corrected chi connectivity index (χ4v) is 3.75. The van der Waals surface area contributed by atoms with Crippen molar-refractivity contribution in [3.05, 3.63) is 61.1 Å². The van der Waals surface area contributed by atoms with Gasteiger partial charge in [-0.1, -0.05) is 70.1 Å². The van der Waals surface area contributed by atoms with Gasteiger partial charge in [0.15, 0.2) is 0 Å². The number of nitrogens with zero attached hydrogens (tertiary/aromatic N) is 4. The van der Waals surface area contributed by atoms with E-state index in [9.17, 15) is 4.79 Å². The molecule has 0 N–H and O–H groups in total. The molecule has 1 fully saturated rings. The van der Waals surface area contributed by atoms with Crippen molar-refractivity contribution in [1.82, 2.24) is 20.1 Å². The second-order valence-electron chi connectivity index (χ2n) is 6.34. The maximum atomic E-state index is 13.1. The van der Waals surface area contributed by atoms with E-state index in [2.05, 4.69) is 15.2 Å². The highest BCUT2D eigenvalue weighted by molar-refractivity contribution is 6.52. The van der Waals surface area contributed by atoms with Gasteiger partial charge < -0.3 is 9.32 Å². The van der Waals surface area contributed by atoms with Crippen LogP contribution < -0.4 is 0 Å². The Balaban J connectivity index is 1.62. The highest BCUT2D eigenvalue weighted by Gasteiger charge is 2.36. The number of pyridine rings is 1. The van der Waals surface area contributed by atoms with E-state index in [1.54, 1.807) is 23.1 Å². The summed E-state index contributed by atoms with van der Waals surface area (Å²) in [5.41, 5.74) is 0.530. The first-order chi connectivity index (χ1) is 13.9. The molecule has 6 nitrogen and oxygen atoms in total. The van der Waals surface area contributed by atoms with Gasteiger partial charge in [-0.3, -0.25) is 4.79 Å². The minimum absolute atomic E-state index is 0.00394. The van der Waals surface area contributed by atoms with Crippen LogP contribution in [0.25, 0.3) is 11.5 Å². The highest BCUT2D eigenvalue weighted by atomic mass is 35.5. The van der Waals surface area contributed by atoms with Crippen LogP contribution in [0.1, 0.15) is 29.2 Å². The lowest BCUT2D eigenvalue weighted by molar-refractivity contribution is 0.0708. The number of halogens is 5. The number of benzene rings is 1. The van der Waals surface area contributed by atoms with E-state index in [0.717, 1.165) is 12.8 Å². The Bertz CT molecular complexity index is 1100. The Morgan fingerprint density at radius 3 is 2.45 bits per heavy atom. The van der Waals surface area contributed by atoms with Crippen molar-refractivity contribution >= 4 is 63.9 Å². The van der Waals surface area contributed by atoms with Gasteiger partial charge in [0.2, 0.25) is 11.8 Å².